The number of anilines is 1. The van der Waals surface area contributed by atoms with Crippen molar-refractivity contribution >= 4 is 17.6 Å². The van der Waals surface area contributed by atoms with E-state index in [1.807, 2.05) is 55.5 Å². The lowest BCUT2D eigenvalue weighted by atomic mass is 10.0. The summed E-state index contributed by atoms with van der Waals surface area (Å²) in [5, 5.41) is 7.49. The van der Waals surface area contributed by atoms with Crippen LogP contribution in [0.4, 0.5) is 5.69 Å². The molecule has 1 N–H and O–H groups in total. The topological polar surface area (TPSA) is 82.5 Å². The van der Waals surface area contributed by atoms with Crippen LogP contribution in [0.25, 0.3) is 16.9 Å². The van der Waals surface area contributed by atoms with E-state index in [9.17, 15) is 9.59 Å². The first kappa shape index (κ1) is 23.1. The number of amides is 1. The van der Waals surface area contributed by atoms with Crippen LogP contribution in [0.15, 0.2) is 54.6 Å². The van der Waals surface area contributed by atoms with Crippen LogP contribution in [0.3, 0.4) is 0 Å². The molecule has 1 heterocycles. The van der Waals surface area contributed by atoms with Crippen molar-refractivity contribution in [2.24, 2.45) is 5.92 Å². The average Bonchev–Trinajstić information content (AvgIpc) is 3.25. The van der Waals surface area contributed by atoms with Crippen LogP contribution in [0.2, 0.25) is 0 Å². The molecule has 7 heteroatoms. The molecule has 1 atom stereocenters. The van der Waals surface area contributed by atoms with Gasteiger partial charge in [-0.25, -0.2) is 9.48 Å². The molecule has 0 fully saturated rings. The van der Waals surface area contributed by atoms with E-state index >= 15 is 0 Å². The highest BCUT2D eigenvalue weighted by molar-refractivity contribution is 5.93. The number of aromatic nitrogens is 2. The number of esters is 1. The lowest BCUT2D eigenvalue weighted by Gasteiger charge is -2.14. The first-order chi connectivity index (χ1) is 15.5. The molecule has 0 saturated carbocycles. The zero-order valence-electron chi connectivity index (χ0n) is 18.9. The van der Waals surface area contributed by atoms with Crippen LogP contribution in [0.1, 0.15) is 44.1 Å². The van der Waals surface area contributed by atoms with E-state index in [0.29, 0.717) is 22.8 Å². The van der Waals surface area contributed by atoms with Crippen molar-refractivity contribution in [2.45, 2.75) is 33.6 Å². The summed E-state index contributed by atoms with van der Waals surface area (Å²) in [6, 6.07) is 16.6. The number of hydrogen-bond acceptors (Lipinski definition) is 5. The Labute approximate surface area is 188 Å². The van der Waals surface area contributed by atoms with Crippen molar-refractivity contribution < 1.29 is 19.1 Å². The molecular weight excluding hydrogens is 406 g/mol. The normalized spacial score (nSPS) is 11.6. The molecule has 2 aromatic carbocycles. The zero-order chi connectivity index (χ0) is 23.1. The maximum Gasteiger partial charge on any atom is 0.358 e. The van der Waals surface area contributed by atoms with Crippen LogP contribution in [0.5, 0.6) is 5.75 Å². The minimum Gasteiger partial charge on any atom is -0.494 e. The smallest absolute Gasteiger partial charge is 0.358 e. The molecular formula is C25H29N3O4. The molecule has 168 valence electrons. The van der Waals surface area contributed by atoms with Crippen LogP contribution in [0, 0.1) is 5.92 Å². The van der Waals surface area contributed by atoms with Crippen molar-refractivity contribution in [3.8, 4) is 22.7 Å². The number of methoxy groups -OCH3 is 1. The Morgan fingerprint density at radius 3 is 2.59 bits per heavy atom. The van der Waals surface area contributed by atoms with Crippen molar-refractivity contribution in [1.82, 2.24) is 9.78 Å². The molecule has 0 saturated heterocycles. The van der Waals surface area contributed by atoms with Gasteiger partial charge >= 0.3 is 5.97 Å². The fraction of sp³-hybridized carbons (Fsp3) is 0.320. The Bertz CT molecular complexity index is 1090. The molecule has 0 aliphatic carbocycles. The average molecular weight is 436 g/mol. The molecule has 1 unspecified atom stereocenters. The van der Waals surface area contributed by atoms with Crippen LogP contribution in [-0.2, 0) is 9.53 Å². The molecule has 0 bridgehead atoms. The predicted molar refractivity (Wildman–Crippen MR) is 124 cm³/mol. The quantitative estimate of drug-likeness (QED) is 0.473. The summed E-state index contributed by atoms with van der Waals surface area (Å²) in [6.07, 6.45) is 1.78. The number of rotatable bonds is 9. The fourth-order valence-electron chi connectivity index (χ4n) is 3.47. The molecule has 1 amide bonds. The van der Waals surface area contributed by atoms with Crippen LogP contribution in [-0.4, -0.2) is 35.4 Å². The van der Waals surface area contributed by atoms with Gasteiger partial charge in [-0.05, 0) is 43.7 Å². The Balaban J connectivity index is 2.05. The number of benzene rings is 2. The first-order valence-electron chi connectivity index (χ1n) is 10.8. The van der Waals surface area contributed by atoms with E-state index in [1.54, 1.807) is 24.8 Å². The van der Waals surface area contributed by atoms with Crippen molar-refractivity contribution in [3.05, 3.63) is 60.3 Å². The van der Waals surface area contributed by atoms with Gasteiger partial charge in [0.15, 0.2) is 5.69 Å². The Kier molecular flexibility index (Phi) is 7.65. The van der Waals surface area contributed by atoms with Gasteiger partial charge in [0.2, 0.25) is 5.91 Å². The largest absolute Gasteiger partial charge is 0.494 e. The number of hydrogen-bond donors (Lipinski definition) is 1. The number of nitrogens with zero attached hydrogens (tertiary/aromatic N) is 2. The van der Waals surface area contributed by atoms with E-state index in [4.69, 9.17) is 9.47 Å². The molecule has 32 heavy (non-hydrogen) atoms. The van der Waals surface area contributed by atoms with E-state index in [1.165, 1.54) is 0 Å². The number of nitrogens with one attached hydrogen (secondary N) is 1. The molecule has 0 radical (unpaired) electrons. The Hall–Kier alpha value is -3.61. The van der Waals surface area contributed by atoms with E-state index in [2.05, 4.69) is 17.3 Å². The number of carbonyl (C=O) groups excluding carboxylic acids is 2. The van der Waals surface area contributed by atoms with Crippen molar-refractivity contribution in [1.29, 1.82) is 0 Å². The molecule has 1 aromatic heterocycles. The van der Waals surface area contributed by atoms with E-state index in [0.717, 1.165) is 18.4 Å². The molecule has 0 aliphatic rings. The lowest BCUT2D eigenvalue weighted by Crippen LogP contribution is -2.20. The second-order valence-electron chi connectivity index (χ2n) is 7.48. The molecule has 3 rings (SSSR count). The maximum atomic E-state index is 12.5. The molecule has 0 spiro atoms. The second-order valence-corrected chi connectivity index (χ2v) is 7.48. The van der Waals surface area contributed by atoms with Crippen molar-refractivity contribution in [3.63, 3.8) is 0 Å². The van der Waals surface area contributed by atoms with E-state index in [-0.39, 0.29) is 24.1 Å². The van der Waals surface area contributed by atoms with Gasteiger partial charge in [0.05, 0.1) is 19.4 Å². The van der Waals surface area contributed by atoms with Crippen LogP contribution < -0.4 is 10.1 Å². The summed E-state index contributed by atoms with van der Waals surface area (Å²) in [6.45, 7) is 5.99. The van der Waals surface area contributed by atoms with Gasteiger partial charge in [-0.2, -0.15) is 5.10 Å². The predicted octanol–water partition coefficient (Wildman–Crippen LogP) is 5.10. The standard InChI is InChI=1S/C25H29N3O4/c1-5-10-17(3)24(29)26-19-12-9-11-18(15-19)22-16-20(25(30)32-6-2)27-28(22)21-13-7-8-14-23(21)31-4/h7-9,11-17H,5-6,10H2,1-4H3,(H,26,29). The van der Waals surface area contributed by atoms with Gasteiger partial charge in [-0.15, -0.1) is 0 Å². The third kappa shape index (κ3) is 5.17. The third-order valence-electron chi connectivity index (χ3n) is 5.10. The highest BCUT2D eigenvalue weighted by Gasteiger charge is 2.20. The summed E-state index contributed by atoms with van der Waals surface area (Å²) in [5.41, 5.74) is 3.03. The number of ether oxygens (including phenoxy) is 2. The van der Waals surface area contributed by atoms with Gasteiger partial charge in [0, 0.05) is 17.2 Å². The lowest BCUT2D eigenvalue weighted by molar-refractivity contribution is -0.119. The highest BCUT2D eigenvalue weighted by Crippen LogP contribution is 2.30. The summed E-state index contributed by atoms with van der Waals surface area (Å²) >= 11 is 0. The van der Waals surface area contributed by atoms with Gasteiger partial charge in [0.1, 0.15) is 11.4 Å². The molecule has 7 nitrogen and oxygen atoms in total. The van der Waals surface area contributed by atoms with Gasteiger partial charge in [-0.1, -0.05) is 44.5 Å². The SMILES string of the molecule is CCCC(C)C(=O)Nc1cccc(-c2cc(C(=O)OCC)nn2-c2ccccc2OC)c1. The molecule has 0 aliphatic heterocycles. The minimum absolute atomic E-state index is 0.0190. The summed E-state index contributed by atoms with van der Waals surface area (Å²) in [7, 11) is 1.59. The highest BCUT2D eigenvalue weighted by atomic mass is 16.5. The maximum absolute atomic E-state index is 12.5. The summed E-state index contributed by atoms with van der Waals surface area (Å²) in [5.74, 6) is 0.0259. The van der Waals surface area contributed by atoms with Crippen LogP contribution >= 0.6 is 0 Å². The minimum atomic E-state index is -0.500. The Morgan fingerprint density at radius 1 is 1.09 bits per heavy atom. The second kappa shape index (κ2) is 10.6. The number of para-hydroxylation sites is 2. The monoisotopic (exact) mass is 435 g/mol. The zero-order valence-corrected chi connectivity index (χ0v) is 18.9. The van der Waals surface area contributed by atoms with Gasteiger partial charge in [-0.3, -0.25) is 4.79 Å². The summed E-state index contributed by atoms with van der Waals surface area (Å²) < 4.78 is 12.3. The fourth-order valence-corrected chi connectivity index (χ4v) is 3.47. The van der Waals surface area contributed by atoms with E-state index < -0.39 is 5.97 Å². The first-order valence-corrected chi connectivity index (χ1v) is 10.8. The third-order valence-corrected chi connectivity index (χ3v) is 5.10. The Morgan fingerprint density at radius 2 is 1.88 bits per heavy atom. The van der Waals surface area contributed by atoms with Gasteiger partial charge in [0.25, 0.3) is 0 Å². The van der Waals surface area contributed by atoms with Gasteiger partial charge < -0.3 is 14.8 Å². The van der Waals surface area contributed by atoms with Crippen molar-refractivity contribution in [2.75, 3.05) is 19.0 Å². The summed E-state index contributed by atoms with van der Waals surface area (Å²) in [4.78, 5) is 24.9. The molecule has 3 aromatic rings. The number of carbonyl (C=O) groups is 2.